The smallest absolute Gasteiger partial charge is 0.121 e. The molecule has 0 amide bonds. The van der Waals surface area contributed by atoms with Crippen LogP contribution in [0.15, 0.2) is 16.5 Å². The average molecular weight is 264 g/mol. The van der Waals surface area contributed by atoms with Gasteiger partial charge in [-0.25, -0.2) is 0 Å². The highest BCUT2D eigenvalue weighted by molar-refractivity contribution is 5.09. The molecule has 1 saturated heterocycles. The zero-order chi connectivity index (χ0) is 14.0. The SMILES string of the molecule is Cc1ccc(C(C)N2CCC(CNC(C)(C)C)C2)o1. The standard InChI is InChI=1S/C16H28N2O/c1-12-6-7-15(19-12)13(2)18-9-8-14(11-18)10-17-16(3,4)5/h6-7,13-14,17H,8-11H2,1-5H3. The summed E-state index contributed by atoms with van der Waals surface area (Å²) in [7, 11) is 0. The van der Waals surface area contributed by atoms with Gasteiger partial charge in [-0.2, -0.15) is 0 Å². The van der Waals surface area contributed by atoms with Gasteiger partial charge in [-0.15, -0.1) is 0 Å². The molecular weight excluding hydrogens is 236 g/mol. The van der Waals surface area contributed by atoms with Crippen LogP contribution in [0.5, 0.6) is 0 Å². The zero-order valence-electron chi connectivity index (χ0n) is 13.0. The fourth-order valence-corrected chi connectivity index (χ4v) is 2.69. The minimum atomic E-state index is 0.219. The van der Waals surface area contributed by atoms with E-state index in [-0.39, 0.29) is 5.54 Å². The van der Waals surface area contributed by atoms with Gasteiger partial charge in [-0.3, -0.25) is 4.90 Å². The summed E-state index contributed by atoms with van der Waals surface area (Å²) in [5.41, 5.74) is 0.219. The van der Waals surface area contributed by atoms with E-state index in [0.717, 1.165) is 24.0 Å². The number of aryl methyl sites for hydroxylation is 1. The molecule has 1 aliphatic rings. The van der Waals surface area contributed by atoms with E-state index in [4.69, 9.17) is 4.42 Å². The monoisotopic (exact) mass is 264 g/mol. The zero-order valence-corrected chi connectivity index (χ0v) is 13.0. The Kier molecular flexibility index (Phi) is 4.36. The van der Waals surface area contributed by atoms with Gasteiger partial charge in [0.2, 0.25) is 0 Å². The van der Waals surface area contributed by atoms with E-state index in [1.54, 1.807) is 0 Å². The molecule has 0 spiro atoms. The van der Waals surface area contributed by atoms with Gasteiger partial charge in [0.15, 0.2) is 0 Å². The molecule has 2 atom stereocenters. The normalized spacial score (nSPS) is 22.9. The van der Waals surface area contributed by atoms with E-state index in [2.05, 4.69) is 50.0 Å². The topological polar surface area (TPSA) is 28.4 Å². The van der Waals surface area contributed by atoms with Crippen molar-refractivity contribution in [3.05, 3.63) is 23.7 Å². The predicted molar refractivity (Wildman–Crippen MR) is 79.3 cm³/mol. The predicted octanol–water partition coefficient (Wildman–Crippen LogP) is 3.36. The molecule has 1 fully saturated rings. The van der Waals surface area contributed by atoms with Crippen molar-refractivity contribution in [3.8, 4) is 0 Å². The van der Waals surface area contributed by atoms with E-state index in [0.29, 0.717) is 6.04 Å². The van der Waals surface area contributed by atoms with Gasteiger partial charge in [0.25, 0.3) is 0 Å². The summed E-state index contributed by atoms with van der Waals surface area (Å²) in [4.78, 5) is 2.54. The Morgan fingerprint density at radius 1 is 1.42 bits per heavy atom. The van der Waals surface area contributed by atoms with Crippen LogP contribution in [0.3, 0.4) is 0 Å². The van der Waals surface area contributed by atoms with Crippen molar-refractivity contribution < 1.29 is 4.42 Å². The molecule has 3 heteroatoms. The van der Waals surface area contributed by atoms with Crippen molar-refractivity contribution in [1.29, 1.82) is 0 Å². The van der Waals surface area contributed by atoms with E-state index in [1.165, 1.54) is 19.5 Å². The summed E-state index contributed by atoms with van der Waals surface area (Å²) in [5.74, 6) is 2.87. The molecule has 108 valence electrons. The molecule has 19 heavy (non-hydrogen) atoms. The first-order valence-electron chi connectivity index (χ1n) is 7.40. The first-order chi connectivity index (χ1) is 8.85. The Bertz CT molecular complexity index is 405. The summed E-state index contributed by atoms with van der Waals surface area (Å²) < 4.78 is 5.75. The molecular formula is C16H28N2O. The molecule has 2 rings (SSSR count). The third kappa shape index (κ3) is 4.08. The van der Waals surface area contributed by atoms with Crippen molar-refractivity contribution in [3.63, 3.8) is 0 Å². The maximum absolute atomic E-state index is 5.75. The summed E-state index contributed by atoms with van der Waals surface area (Å²) >= 11 is 0. The number of hydrogen-bond acceptors (Lipinski definition) is 3. The van der Waals surface area contributed by atoms with Gasteiger partial charge in [0.1, 0.15) is 11.5 Å². The highest BCUT2D eigenvalue weighted by atomic mass is 16.3. The Labute approximate surface area is 117 Å². The average Bonchev–Trinajstić information content (AvgIpc) is 2.93. The van der Waals surface area contributed by atoms with Crippen LogP contribution in [-0.4, -0.2) is 30.1 Å². The Hall–Kier alpha value is -0.800. The molecule has 1 N–H and O–H groups in total. The minimum Gasteiger partial charge on any atom is -0.465 e. The van der Waals surface area contributed by atoms with Crippen molar-refractivity contribution >= 4 is 0 Å². The highest BCUT2D eigenvalue weighted by Gasteiger charge is 2.28. The Morgan fingerprint density at radius 3 is 2.74 bits per heavy atom. The minimum absolute atomic E-state index is 0.219. The number of hydrogen-bond donors (Lipinski definition) is 1. The third-order valence-electron chi connectivity index (χ3n) is 3.96. The van der Waals surface area contributed by atoms with Crippen LogP contribution in [0.1, 0.15) is 51.7 Å². The van der Waals surface area contributed by atoms with Gasteiger partial charge >= 0.3 is 0 Å². The molecule has 0 aliphatic carbocycles. The summed E-state index contributed by atoms with van der Waals surface area (Å²) in [6, 6.07) is 4.56. The first kappa shape index (κ1) is 14.6. The molecule has 1 aromatic rings. The molecule has 1 aliphatic heterocycles. The van der Waals surface area contributed by atoms with E-state index in [9.17, 15) is 0 Å². The second-order valence-electron chi connectivity index (χ2n) is 6.90. The van der Waals surface area contributed by atoms with E-state index >= 15 is 0 Å². The van der Waals surface area contributed by atoms with Crippen LogP contribution >= 0.6 is 0 Å². The second kappa shape index (κ2) is 5.68. The number of likely N-dealkylation sites (tertiary alicyclic amines) is 1. The molecule has 0 radical (unpaired) electrons. The maximum atomic E-state index is 5.75. The van der Waals surface area contributed by atoms with Gasteiger partial charge in [-0.05, 0) is 72.2 Å². The van der Waals surface area contributed by atoms with E-state index < -0.39 is 0 Å². The number of furan rings is 1. The first-order valence-corrected chi connectivity index (χ1v) is 7.40. The lowest BCUT2D eigenvalue weighted by Crippen LogP contribution is -2.39. The molecule has 0 bridgehead atoms. The number of nitrogens with zero attached hydrogens (tertiary/aromatic N) is 1. The molecule has 1 aromatic heterocycles. The summed E-state index contributed by atoms with van der Waals surface area (Å²) in [5, 5.41) is 3.62. The Balaban J connectivity index is 1.84. The molecule has 0 aromatic carbocycles. The lowest BCUT2D eigenvalue weighted by molar-refractivity contribution is 0.219. The molecule has 2 unspecified atom stereocenters. The van der Waals surface area contributed by atoms with Crippen LogP contribution in [-0.2, 0) is 0 Å². The van der Waals surface area contributed by atoms with Crippen molar-refractivity contribution in [1.82, 2.24) is 10.2 Å². The van der Waals surface area contributed by atoms with Gasteiger partial charge in [0, 0.05) is 12.1 Å². The number of rotatable bonds is 4. The van der Waals surface area contributed by atoms with Gasteiger partial charge in [0.05, 0.1) is 6.04 Å². The fraction of sp³-hybridized carbons (Fsp3) is 0.750. The molecule has 3 nitrogen and oxygen atoms in total. The van der Waals surface area contributed by atoms with Gasteiger partial charge < -0.3 is 9.73 Å². The lowest BCUT2D eigenvalue weighted by Gasteiger charge is -2.25. The van der Waals surface area contributed by atoms with Gasteiger partial charge in [-0.1, -0.05) is 0 Å². The highest BCUT2D eigenvalue weighted by Crippen LogP contribution is 2.28. The number of nitrogens with one attached hydrogen (secondary N) is 1. The quantitative estimate of drug-likeness (QED) is 0.904. The molecule has 2 heterocycles. The van der Waals surface area contributed by atoms with Crippen molar-refractivity contribution in [2.24, 2.45) is 5.92 Å². The van der Waals surface area contributed by atoms with Crippen molar-refractivity contribution in [2.75, 3.05) is 19.6 Å². The van der Waals surface area contributed by atoms with Crippen LogP contribution in [0, 0.1) is 12.8 Å². The third-order valence-corrected chi connectivity index (χ3v) is 3.96. The fourth-order valence-electron chi connectivity index (χ4n) is 2.69. The van der Waals surface area contributed by atoms with Crippen LogP contribution in [0.4, 0.5) is 0 Å². The van der Waals surface area contributed by atoms with Crippen molar-refractivity contribution in [2.45, 2.75) is 52.6 Å². The van der Waals surface area contributed by atoms with Crippen LogP contribution < -0.4 is 5.32 Å². The van der Waals surface area contributed by atoms with Crippen LogP contribution in [0.2, 0.25) is 0 Å². The van der Waals surface area contributed by atoms with Crippen LogP contribution in [0.25, 0.3) is 0 Å². The van der Waals surface area contributed by atoms with E-state index in [1.807, 2.05) is 6.92 Å². The summed E-state index contributed by atoms with van der Waals surface area (Å²) in [6.45, 7) is 14.4. The summed E-state index contributed by atoms with van der Waals surface area (Å²) in [6.07, 6.45) is 1.28. The molecule has 0 saturated carbocycles. The largest absolute Gasteiger partial charge is 0.465 e. The second-order valence-corrected chi connectivity index (χ2v) is 6.90. The lowest BCUT2D eigenvalue weighted by atomic mass is 10.1. The Morgan fingerprint density at radius 2 is 2.16 bits per heavy atom. The maximum Gasteiger partial charge on any atom is 0.121 e.